The highest BCUT2D eigenvalue weighted by molar-refractivity contribution is 7.21. The number of amides is 2. The monoisotopic (exact) mass is 420 g/mol. The van der Waals surface area contributed by atoms with Crippen molar-refractivity contribution in [1.29, 1.82) is 0 Å². The summed E-state index contributed by atoms with van der Waals surface area (Å²) in [4.78, 5) is 27.8. The second-order valence-corrected chi connectivity index (χ2v) is 8.57. The number of thiophene rings is 1. The Bertz CT molecular complexity index is 859. The number of benzene rings is 1. The third kappa shape index (κ3) is 4.95. The Kier molecular flexibility index (Phi) is 7.61. The lowest BCUT2D eigenvalue weighted by Crippen LogP contribution is -2.43. The van der Waals surface area contributed by atoms with Gasteiger partial charge in [0.15, 0.2) is 0 Å². The van der Waals surface area contributed by atoms with Crippen LogP contribution in [0.3, 0.4) is 0 Å². The summed E-state index contributed by atoms with van der Waals surface area (Å²) < 4.78 is 20.4. The van der Waals surface area contributed by atoms with Crippen molar-refractivity contribution in [3.05, 3.63) is 34.5 Å². The molecule has 7 heteroatoms. The van der Waals surface area contributed by atoms with Crippen molar-refractivity contribution >= 4 is 33.2 Å². The third-order valence-corrected chi connectivity index (χ3v) is 6.66. The van der Waals surface area contributed by atoms with E-state index in [4.69, 9.17) is 4.74 Å². The summed E-state index contributed by atoms with van der Waals surface area (Å²) >= 11 is 1.31. The molecule has 0 aliphatic carbocycles. The lowest BCUT2D eigenvalue weighted by Gasteiger charge is -2.31. The molecule has 0 radical (unpaired) electrons. The number of fused-ring (bicyclic) bond motifs is 1. The number of ether oxygens (including phenoxy) is 1. The van der Waals surface area contributed by atoms with Crippen LogP contribution in [-0.4, -0.2) is 43.5 Å². The Morgan fingerprint density at radius 2 is 2.03 bits per heavy atom. The first-order chi connectivity index (χ1) is 14.1. The van der Waals surface area contributed by atoms with Gasteiger partial charge in [0.1, 0.15) is 5.82 Å². The van der Waals surface area contributed by atoms with E-state index in [0.29, 0.717) is 41.8 Å². The smallest absolute Gasteiger partial charge is 0.264 e. The van der Waals surface area contributed by atoms with E-state index in [2.05, 4.69) is 12.2 Å². The topological polar surface area (TPSA) is 58.6 Å². The third-order valence-electron chi connectivity index (χ3n) is 5.48. The van der Waals surface area contributed by atoms with Crippen molar-refractivity contribution < 1.29 is 18.7 Å². The molecule has 1 N–H and O–H groups in total. The number of likely N-dealkylation sites (tertiary alicyclic amines) is 1. The van der Waals surface area contributed by atoms with Gasteiger partial charge >= 0.3 is 0 Å². The molecule has 1 saturated heterocycles. The van der Waals surface area contributed by atoms with Gasteiger partial charge in [0, 0.05) is 48.3 Å². The van der Waals surface area contributed by atoms with Crippen LogP contribution in [0.25, 0.3) is 10.1 Å². The van der Waals surface area contributed by atoms with Gasteiger partial charge in [-0.1, -0.05) is 25.8 Å². The number of nitrogens with one attached hydrogen (secondary N) is 1. The van der Waals surface area contributed by atoms with Crippen molar-refractivity contribution in [3.8, 4) is 0 Å². The summed E-state index contributed by atoms with van der Waals surface area (Å²) in [5, 5.41) is 3.49. The van der Waals surface area contributed by atoms with Crippen molar-refractivity contribution in [1.82, 2.24) is 10.2 Å². The molecule has 1 aromatic carbocycles. The van der Waals surface area contributed by atoms with Gasteiger partial charge in [0.2, 0.25) is 5.91 Å². The van der Waals surface area contributed by atoms with Gasteiger partial charge < -0.3 is 15.0 Å². The lowest BCUT2D eigenvalue weighted by molar-refractivity contribution is -0.126. The van der Waals surface area contributed by atoms with Gasteiger partial charge in [-0.05, 0) is 31.4 Å². The molecule has 2 amide bonds. The summed E-state index contributed by atoms with van der Waals surface area (Å²) in [6.45, 7) is 4.12. The molecule has 0 unspecified atom stereocenters. The maximum absolute atomic E-state index is 14.4. The molecule has 158 valence electrons. The van der Waals surface area contributed by atoms with Crippen molar-refractivity contribution in [3.63, 3.8) is 0 Å². The summed E-state index contributed by atoms with van der Waals surface area (Å²) in [6.07, 6.45) is 4.56. The molecule has 0 bridgehead atoms. The second-order valence-electron chi connectivity index (χ2n) is 7.52. The minimum absolute atomic E-state index is 0.0426. The predicted molar refractivity (Wildman–Crippen MR) is 114 cm³/mol. The minimum atomic E-state index is -0.330. The highest BCUT2D eigenvalue weighted by Gasteiger charge is 2.30. The summed E-state index contributed by atoms with van der Waals surface area (Å²) in [6, 6.07) is 4.89. The second kappa shape index (κ2) is 10.2. The molecule has 1 aliphatic heterocycles. The first-order valence-electron chi connectivity index (χ1n) is 10.3. The standard InChI is InChI=1S/C22H29FN2O3S/c1-3-4-5-11-24-21(26)15-9-12-25(13-10-15)22(27)20-16(14-28-2)19-17(23)7-6-8-18(19)29-20/h6-8,15H,3-5,9-14H2,1-2H3,(H,24,26). The van der Waals surface area contributed by atoms with Crippen LogP contribution in [0.1, 0.15) is 54.3 Å². The Morgan fingerprint density at radius 3 is 2.72 bits per heavy atom. The molecule has 1 fully saturated rings. The van der Waals surface area contributed by atoms with E-state index in [1.807, 2.05) is 6.07 Å². The molecule has 0 atom stereocenters. The zero-order valence-corrected chi connectivity index (χ0v) is 17.9. The van der Waals surface area contributed by atoms with Crippen LogP contribution in [0, 0.1) is 11.7 Å². The predicted octanol–water partition coefficient (Wildman–Crippen LogP) is 4.35. The highest BCUT2D eigenvalue weighted by atomic mass is 32.1. The zero-order chi connectivity index (χ0) is 20.8. The van der Waals surface area contributed by atoms with E-state index in [0.717, 1.165) is 30.5 Å². The Labute approximate surface area is 175 Å². The Balaban J connectivity index is 1.66. The molecular weight excluding hydrogens is 391 g/mol. The van der Waals surface area contributed by atoms with E-state index >= 15 is 0 Å². The number of hydrogen-bond acceptors (Lipinski definition) is 4. The van der Waals surface area contributed by atoms with Gasteiger partial charge in [-0.25, -0.2) is 4.39 Å². The molecule has 1 aromatic heterocycles. The fourth-order valence-corrected chi connectivity index (χ4v) is 5.03. The van der Waals surface area contributed by atoms with Crippen LogP contribution in [0.5, 0.6) is 0 Å². The largest absolute Gasteiger partial charge is 0.380 e. The normalized spacial score (nSPS) is 15.1. The molecule has 2 aromatic rings. The van der Waals surface area contributed by atoms with Crippen LogP contribution in [0.2, 0.25) is 0 Å². The number of halogens is 1. The average Bonchev–Trinajstić information content (AvgIpc) is 3.11. The molecular formula is C22H29FN2O3S. The van der Waals surface area contributed by atoms with Gasteiger partial charge in [-0.3, -0.25) is 9.59 Å². The molecule has 1 aliphatic rings. The van der Waals surface area contributed by atoms with Crippen LogP contribution in [-0.2, 0) is 16.1 Å². The van der Waals surface area contributed by atoms with E-state index in [-0.39, 0.29) is 30.2 Å². The number of methoxy groups -OCH3 is 1. The zero-order valence-electron chi connectivity index (χ0n) is 17.1. The van der Waals surface area contributed by atoms with Gasteiger partial charge in [-0.2, -0.15) is 0 Å². The fraction of sp³-hybridized carbons (Fsp3) is 0.545. The van der Waals surface area contributed by atoms with Crippen molar-refractivity contribution in [2.75, 3.05) is 26.7 Å². The quantitative estimate of drug-likeness (QED) is 0.646. The number of nitrogens with zero attached hydrogens (tertiary/aromatic N) is 1. The average molecular weight is 421 g/mol. The summed E-state index contributed by atoms with van der Waals surface area (Å²) in [7, 11) is 1.54. The van der Waals surface area contributed by atoms with Crippen molar-refractivity contribution in [2.24, 2.45) is 5.92 Å². The number of piperidine rings is 1. The van der Waals surface area contributed by atoms with Gasteiger partial charge in [-0.15, -0.1) is 11.3 Å². The highest BCUT2D eigenvalue weighted by Crippen LogP contribution is 2.35. The maximum Gasteiger partial charge on any atom is 0.264 e. The Hall–Kier alpha value is -1.99. The number of hydrogen-bond donors (Lipinski definition) is 1. The van der Waals surface area contributed by atoms with E-state index < -0.39 is 0 Å². The van der Waals surface area contributed by atoms with E-state index in [1.54, 1.807) is 18.1 Å². The van der Waals surface area contributed by atoms with E-state index in [9.17, 15) is 14.0 Å². The summed E-state index contributed by atoms with van der Waals surface area (Å²) in [5.74, 6) is -0.376. The van der Waals surface area contributed by atoms with Crippen LogP contribution in [0.4, 0.5) is 4.39 Å². The summed E-state index contributed by atoms with van der Waals surface area (Å²) in [5.41, 5.74) is 0.617. The number of unbranched alkanes of at least 4 members (excludes halogenated alkanes) is 2. The van der Waals surface area contributed by atoms with Crippen molar-refractivity contribution in [2.45, 2.75) is 45.6 Å². The molecule has 5 nitrogen and oxygen atoms in total. The van der Waals surface area contributed by atoms with Crippen LogP contribution < -0.4 is 5.32 Å². The van der Waals surface area contributed by atoms with Crippen LogP contribution in [0.15, 0.2) is 18.2 Å². The maximum atomic E-state index is 14.4. The molecule has 0 spiro atoms. The molecule has 0 saturated carbocycles. The minimum Gasteiger partial charge on any atom is -0.380 e. The fourth-order valence-electron chi connectivity index (χ4n) is 3.84. The van der Waals surface area contributed by atoms with Gasteiger partial charge in [0.05, 0.1) is 11.5 Å². The first kappa shape index (κ1) is 21.7. The lowest BCUT2D eigenvalue weighted by atomic mass is 9.95. The van der Waals surface area contributed by atoms with Crippen LogP contribution >= 0.6 is 11.3 Å². The van der Waals surface area contributed by atoms with E-state index in [1.165, 1.54) is 17.4 Å². The molecule has 29 heavy (non-hydrogen) atoms. The van der Waals surface area contributed by atoms with Gasteiger partial charge in [0.25, 0.3) is 5.91 Å². The molecule has 2 heterocycles. The number of carbonyl (C=O) groups is 2. The first-order valence-corrected chi connectivity index (χ1v) is 11.1. The molecule has 3 rings (SSSR count). The SMILES string of the molecule is CCCCCNC(=O)C1CCN(C(=O)c2sc3cccc(F)c3c2COC)CC1. The number of carbonyl (C=O) groups excluding carboxylic acids is 2. The number of rotatable bonds is 8. The Morgan fingerprint density at radius 1 is 1.28 bits per heavy atom.